The van der Waals surface area contributed by atoms with E-state index in [1.165, 1.54) is 60.8 Å². The topological polar surface area (TPSA) is 26.3 Å². The predicted molar refractivity (Wildman–Crippen MR) is 126 cm³/mol. The number of rotatable bonds is 13. The Bertz CT molecular complexity index is 635. The molecule has 0 saturated carbocycles. The fourth-order valence-electron chi connectivity index (χ4n) is 4.09. The number of ether oxygens (including phenoxy) is 1. The molecular weight excluding hydrogens is 356 g/mol. The number of benzene rings is 1. The Morgan fingerprint density at radius 3 is 1.72 bits per heavy atom. The summed E-state index contributed by atoms with van der Waals surface area (Å²) in [6.07, 6.45) is 12.1. The molecule has 0 spiro atoms. The molecule has 0 fully saturated rings. The van der Waals surface area contributed by atoms with Crippen LogP contribution in [0.1, 0.15) is 114 Å². The number of aryl methyl sites for hydroxylation is 2. The Morgan fingerprint density at radius 2 is 1.21 bits per heavy atom. The van der Waals surface area contributed by atoms with Gasteiger partial charge in [0.15, 0.2) is 0 Å². The van der Waals surface area contributed by atoms with Crippen LogP contribution in [0.5, 0.6) is 0 Å². The van der Waals surface area contributed by atoms with Crippen molar-refractivity contribution in [3.63, 3.8) is 0 Å². The molecule has 0 atom stereocenters. The molecule has 29 heavy (non-hydrogen) atoms. The van der Waals surface area contributed by atoms with Gasteiger partial charge in [-0.1, -0.05) is 46.1 Å². The second-order valence-electron chi connectivity index (χ2n) is 10.7. The molecule has 0 unspecified atom stereocenters. The van der Waals surface area contributed by atoms with E-state index in [2.05, 4.69) is 47.6 Å². The van der Waals surface area contributed by atoms with E-state index < -0.39 is 0 Å². The number of carbonyl (C=O) groups excluding carboxylic acids is 1. The fraction of sp³-hybridized carbons (Fsp3) is 0.741. The van der Waals surface area contributed by atoms with Gasteiger partial charge in [-0.25, -0.2) is 0 Å². The Kier molecular flexibility index (Phi) is 10.4. The quantitative estimate of drug-likeness (QED) is 0.248. The van der Waals surface area contributed by atoms with Crippen LogP contribution in [-0.4, -0.2) is 12.1 Å². The molecule has 0 amide bonds. The molecule has 0 saturated heterocycles. The zero-order valence-electron chi connectivity index (χ0n) is 20.5. The summed E-state index contributed by atoms with van der Waals surface area (Å²) in [6, 6.07) is 2.47. The Labute approximate surface area is 180 Å². The molecule has 0 aliphatic heterocycles. The van der Waals surface area contributed by atoms with Gasteiger partial charge in [-0.05, 0) is 113 Å². The zero-order chi connectivity index (χ0) is 22.1. The van der Waals surface area contributed by atoms with E-state index in [-0.39, 0.29) is 5.60 Å². The van der Waals surface area contributed by atoms with Gasteiger partial charge in [-0.2, -0.15) is 0 Å². The zero-order valence-corrected chi connectivity index (χ0v) is 20.5. The molecule has 0 aromatic heterocycles. The van der Waals surface area contributed by atoms with Gasteiger partial charge < -0.3 is 4.74 Å². The van der Waals surface area contributed by atoms with Gasteiger partial charge in [0.1, 0.15) is 5.60 Å². The molecule has 0 N–H and O–H groups in total. The highest BCUT2D eigenvalue weighted by Gasteiger charge is 2.18. The third-order valence-corrected chi connectivity index (χ3v) is 6.40. The van der Waals surface area contributed by atoms with E-state index in [1.807, 2.05) is 13.8 Å². The van der Waals surface area contributed by atoms with Crippen molar-refractivity contribution in [2.24, 2.45) is 5.41 Å². The Morgan fingerprint density at radius 1 is 0.724 bits per heavy atom. The first-order valence-corrected chi connectivity index (χ1v) is 11.7. The lowest BCUT2D eigenvalue weighted by Gasteiger charge is -2.22. The number of hydrogen-bond acceptors (Lipinski definition) is 2. The monoisotopic (exact) mass is 402 g/mol. The van der Waals surface area contributed by atoms with Crippen molar-refractivity contribution in [3.8, 4) is 0 Å². The average Bonchev–Trinajstić information content (AvgIpc) is 2.61. The van der Waals surface area contributed by atoms with Crippen molar-refractivity contribution in [1.29, 1.82) is 0 Å². The maximum Gasteiger partial charge on any atom is 0.293 e. The lowest BCUT2D eigenvalue weighted by molar-refractivity contribution is -0.140. The van der Waals surface area contributed by atoms with Crippen molar-refractivity contribution < 1.29 is 9.53 Å². The Hall–Kier alpha value is -1.31. The van der Waals surface area contributed by atoms with Crippen molar-refractivity contribution in [1.82, 2.24) is 0 Å². The first-order valence-electron chi connectivity index (χ1n) is 11.7. The van der Waals surface area contributed by atoms with E-state index in [9.17, 15) is 4.79 Å². The van der Waals surface area contributed by atoms with Gasteiger partial charge in [0.25, 0.3) is 6.47 Å². The summed E-state index contributed by atoms with van der Waals surface area (Å²) in [5.74, 6) is 0. The molecule has 2 nitrogen and oxygen atoms in total. The van der Waals surface area contributed by atoms with Crippen molar-refractivity contribution in [2.45, 2.75) is 125 Å². The van der Waals surface area contributed by atoms with Crippen molar-refractivity contribution in [2.75, 3.05) is 0 Å². The van der Waals surface area contributed by atoms with Crippen LogP contribution >= 0.6 is 0 Å². The van der Waals surface area contributed by atoms with Crippen LogP contribution in [0, 0.1) is 26.2 Å². The van der Waals surface area contributed by atoms with Crippen LogP contribution in [0.4, 0.5) is 0 Å². The smallest absolute Gasteiger partial charge is 0.293 e. The lowest BCUT2D eigenvalue weighted by Crippen LogP contribution is -2.23. The molecule has 0 aliphatic carbocycles. The normalized spacial score (nSPS) is 12.3. The van der Waals surface area contributed by atoms with Crippen LogP contribution in [0.15, 0.2) is 6.07 Å². The fourth-order valence-corrected chi connectivity index (χ4v) is 4.09. The number of carbonyl (C=O) groups is 1. The highest BCUT2D eigenvalue weighted by molar-refractivity contribution is 5.44. The van der Waals surface area contributed by atoms with Crippen LogP contribution in [0.25, 0.3) is 0 Å². The first kappa shape index (κ1) is 25.7. The van der Waals surface area contributed by atoms with Crippen LogP contribution in [-0.2, 0) is 22.4 Å². The molecule has 1 rings (SSSR count). The molecule has 166 valence electrons. The van der Waals surface area contributed by atoms with Crippen LogP contribution in [0.3, 0.4) is 0 Å². The number of unbranched alkanes of at least 4 members (excludes halogenated alkanes) is 4. The minimum atomic E-state index is -0.349. The largest absolute Gasteiger partial charge is 0.462 e. The molecule has 2 heteroatoms. The maximum atomic E-state index is 10.6. The number of hydrogen-bond donors (Lipinski definition) is 0. The van der Waals surface area contributed by atoms with Gasteiger partial charge in [0.2, 0.25) is 0 Å². The summed E-state index contributed by atoms with van der Waals surface area (Å²) in [4.78, 5) is 10.6. The second kappa shape index (κ2) is 11.8. The predicted octanol–water partition coefficient (Wildman–Crippen LogP) is 7.82. The van der Waals surface area contributed by atoms with Gasteiger partial charge in [0.05, 0.1) is 0 Å². The minimum absolute atomic E-state index is 0.349. The van der Waals surface area contributed by atoms with E-state index >= 15 is 0 Å². The summed E-state index contributed by atoms with van der Waals surface area (Å²) >= 11 is 0. The minimum Gasteiger partial charge on any atom is -0.462 e. The summed E-state index contributed by atoms with van der Waals surface area (Å²) < 4.78 is 5.17. The molecule has 0 aliphatic rings. The molecule has 0 heterocycles. The lowest BCUT2D eigenvalue weighted by atomic mass is 9.88. The van der Waals surface area contributed by atoms with E-state index in [4.69, 9.17) is 4.74 Å². The molecule has 0 radical (unpaired) electrons. The summed E-state index contributed by atoms with van der Waals surface area (Å²) in [6.45, 7) is 18.4. The van der Waals surface area contributed by atoms with Gasteiger partial charge in [-0.15, -0.1) is 0 Å². The van der Waals surface area contributed by atoms with Gasteiger partial charge in [0, 0.05) is 0 Å². The molecule has 1 aromatic rings. The SMILES string of the molecule is Cc1c(CCCCCCC(C)(C)C)cc(CCCCC(C)(C)OC=O)c(C)c1C. The van der Waals surface area contributed by atoms with E-state index in [0.717, 1.165) is 25.7 Å². The van der Waals surface area contributed by atoms with E-state index in [0.29, 0.717) is 11.9 Å². The standard InChI is InChI=1S/C27H46O2/c1-21-22(2)24(15-11-9-10-13-17-26(4,5)6)19-25(23(21)3)16-12-14-18-27(7,8)29-20-28/h19-20H,9-18H2,1-8H3. The summed E-state index contributed by atoms with van der Waals surface area (Å²) in [7, 11) is 0. The highest BCUT2D eigenvalue weighted by atomic mass is 16.5. The highest BCUT2D eigenvalue weighted by Crippen LogP contribution is 2.27. The average molecular weight is 403 g/mol. The van der Waals surface area contributed by atoms with Gasteiger partial charge in [-0.3, -0.25) is 4.79 Å². The van der Waals surface area contributed by atoms with Crippen LogP contribution < -0.4 is 0 Å². The van der Waals surface area contributed by atoms with Crippen molar-refractivity contribution >= 4 is 6.47 Å². The molecular formula is C27H46O2. The maximum absolute atomic E-state index is 10.6. The van der Waals surface area contributed by atoms with Gasteiger partial charge >= 0.3 is 0 Å². The first-order chi connectivity index (χ1) is 13.5. The second-order valence-corrected chi connectivity index (χ2v) is 10.7. The molecule has 1 aromatic carbocycles. The Balaban J connectivity index is 2.56. The van der Waals surface area contributed by atoms with Crippen molar-refractivity contribution in [3.05, 3.63) is 33.9 Å². The van der Waals surface area contributed by atoms with E-state index in [1.54, 1.807) is 5.56 Å². The molecule has 0 bridgehead atoms. The third-order valence-electron chi connectivity index (χ3n) is 6.40. The summed E-state index contributed by atoms with van der Waals surface area (Å²) in [5.41, 5.74) is 7.58. The van der Waals surface area contributed by atoms with Crippen LogP contribution in [0.2, 0.25) is 0 Å². The summed E-state index contributed by atoms with van der Waals surface area (Å²) in [5, 5.41) is 0. The third kappa shape index (κ3) is 9.83.